The number of aromatic amines is 1. The fourth-order valence-electron chi connectivity index (χ4n) is 2.43. The van der Waals surface area contributed by atoms with Crippen LogP contribution >= 0.6 is 0 Å². The molecule has 3 heteroatoms. The fourth-order valence-corrected chi connectivity index (χ4v) is 2.43. The molecule has 0 fully saturated rings. The monoisotopic (exact) mass is 227 g/mol. The summed E-state index contributed by atoms with van der Waals surface area (Å²) in [6.45, 7) is 3.27. The average molecular weight is 227 g/mol. The van der Waals surface area contributed by atoms with Crippen LogP contribution in [0.4, 0.5) is 0 Å². The standard InChI is InChI=1S/C14H17N3/c1-2-4-12(5-3-1)10-17-8-6-13-14(7-9-17)16-11-15-13/h1-5,11H,6-10H2,(H,15,16). The number of imidazole rings is 1. The molecule has 0 spiro atoms. The van der Waals surface area contributed by atoms with E-state index in [0.717, 1.165) is 32.5 Å². The van der Waals surface area contributed by atoms with E-state index in [9.17, 15) is 0 Å². The summed E-state index contributed by atoms with van der Waals surface area (Å²) < 4.78 is 0. The second kappa shape index (κ2) is 4.72. The highest BCUT2D eigenvalue weighted by molar-refractivity contribution is 5.16. The zero-order valence-electron chi connectivity index (χ0n) is 9.89. The van der Waals surface area contributed by atoms with Gasteiger partial charge in [0, 0.05) is 38.2 Å². The zero-order valence-corrected chi connectivity index (χ0v) is 9.89. The molecule has 0 bridgehead atoms. The van der Waals surface area contributed by atoms with Gasteiger partial charge in [0.15, 0.2) is 0 Å². The SMILES string of the molecule is c1ccc(CN2CCc3nc[nH]c3CC2)cc1. The van der Waals surface area contributed by atoms with Crippen LogP contribution in [0.1, 0.15) is 17.0 Å². The van der Waals surface area contributed by atoms with Gasteiger partial charge in [-0.2, -0.15) is 0 Å². The van der Waals surface area contributed by atoms with Crippen molar-refractivity contribution in [1.82, 2.24) is 14.9 Å². The molecular formula is C14H17N3. The lowest BCUT2D eigenvalue weighted by Gasteiger charge is -2.19. The molecule has 0 aliphatic carbocycles. The van der Waals surface area contributed by atoms with Crippen LogP contribution in [-0.4, -0.2) is 28.0 Å². The van der Waals surface area contributed by atoms with Crippen molar-refractivity contribution in [2.24, 2.45) is 0 Å². The van der Waals surface area contributed by atoms with E-state index < -0.39 is 0 Å². The van der Waals surface area contributed by atoms with E-state index in [1.54, 1.807) is 0 Å². The summed E-state index contributed by atoms with van der Waals surface area (Å²) in [6, 6.07) is 10.7. The van der Waals surface area contributed by atoms with E-state index >= 15 is 0 Å². The van der Waals surface area contributed by atoms with E-state index in [1.807, 2.05) is 6.33 Å². The molecule has 0 saturated heterocycles. The maximum atomic E-state index is 4.38. The van der Waals surface area contributed by atoms with Crippen LogP contribution in [-0.2, 0) is 19.4 Å². The summed E-state index contributed by atoms with van der Waals surface area (Å²) in [5, 5.41) is 0. The Hall–Kier alpha value is -1.61. The lowest BCUT2D eigenvalue weighted by molar-refractivity contribution is 0.278. The van der Waals surface area contributed by atoms with Crippen molar-refractivity contribution in [3.63, 3.8) is 0 Å². The average Bonchev–Trinajstić information content (AvgIpc) is 2.74. The molecule has 1 aromatic carbocycles. The summed E-state index contributed by atoms with van der Waals surface area (Å²) in [5.74, 6) is 0. The lowest BCUT2D eigenvalue weighted by atomic mass is 10.2. The van der Waals surface area contributed by atoms with Gasteiger partial charge in [0.2, 0.25) is 0 Å². The first-order valence-corrected chi connectivity index (χ1v) is 6.19. The van der Waals surface area contributed by atoms with Crippen LogP contribution in [0.5, 0.6) is 0 Å². The van der Waals surface area contributed by atoms with Gasteiger partial charge in [0.05, 0.1) is 12.0 Å². The number of H-pyrrole nitrogens is 1. The molecule has 1 N–H and O–H groups in total. The largest absolute Gasteiger partial charge is 0.348 e. The maximum Gasteiger partial charge on any atom is 0.0925 e. The summed E-state index contributed by atoms with van der Waals surface area (Å²) in [6.07, 6.45) is 3.96. The quantitative estimate of drug-likeness (QED) is 0.851. The third-order valence-electron chi connectivity index (χ3n) is 3.40. The molecule has 0 saturated carbocycles. The predicted octanol–water partition coefficient (Wildman–Crippen LogP) is 2.01. The Bertz CT molecular complexity index is 453. The molecule has 1 aliphatic rings. The third kappa shape index (κ3) is 2.39. The van der Waals surface area contributed by atoms with Crippen molar-refractivity contribution in [2.75, 3.05) is 13.1 Å². The number of fused-ring (bicyclic) bond motifs is 1. The van der Waals surface area contributed by atoms with Crippen molar-refractivity contribution in [3.8, 4) is 0 Å². The number of nitrogens with one attached hydrogen (secondary N) is 1. The highest BCUT2D eigenvalue weighted by Gasteiger charge is 2.15. The van der Waals surface area contributed by atoms with E-state index in [2.05, 4.69) is 45.2 Å². The molecule has 0 atom stereocenters. The Morgan fingerprint density at radius 3 is 2.82 bits per heavy atom. The van der Waals surface area contributed by atoms with Crippen LogP contribution in [0.25, 0.3) is 0 Å². The van der Waals surface area contributed by atoms with Crippen LogP contribution in [0.2, 0.25) is 0 Å². The molecule has 2 aromatic rings. The third-order valence-corrected chi connectivity index (χ3v) is 3.40. The van der Waals surface area contributed by atoms with Crippen LogP contribution in [0.3, 0.4) is 0 Å². The van der Waals surface area contributed by atoms with Gasteiger partial charge in [-0.3, -0.25) is 4.90 Å². The minimum atomic E-state index is 1.05. The second-order valence-electron chi connectivity index (χ2n) is 4.59. The lowest BCUT2D eigenvalue weighted by Crippen LogP contribution is -2.26. The molecule has 1 aliphatic heterocycles. The van der Waals surface area contributed by atoms with E-state index in [4.69, 9.17) is 0 Å². The predicted molar refractivity (Wildman–Crippen MR) is 67.7 cm³/mol. The molecule has 0 amide bonds. The van der Waals surface area contributed by atoms with Gasteiger partial charge in [-0.25, -0.2) is 4.98 Å². The summed E-state index contributed by atoms with van der Waals surface area (Å²) >= 11 is 0. The number of hydrogen-bond acceptors (Lipinski definition) is 2. The Morgan fingerprint density at radius 2 is 1.94 bits per heavy atom. The maximum absolute atomic E-state index is 4.38. The Labute approximate surface area is 101 Å². The van der Waals surface area contributed by atoms with E-state index in [-0.39, 0.29) is 0 Å². The first kappa shape index (κ1) is 10.5. The van der Waals surface area contributed by atoms with Crippen molar-refractivity contribution in [2.45, 2.75) is 19.4 Å². The Balaban J connectivity index is 1.66. The molecule has 0 unspecified atom stereocenters. The molecule has 0 radical (unpaired) electrons. The summed E-state index contributed by atoms with van der Waals surface area (Å²) in [4.78, 5) is 10.1. The number of hydrogen-bond donors (Lipinski definition) is 1. The molecule has 1 aromatic heterocycles. The van der Waals surface area contributed by atoms with Crippen molar-refractivity contribution in [3.05, 3.63) is 53.6 Å². The smallest absolute Gasteiger partial charge is 0.0925 e. The fraction of sp³-hybridized carbons (Fsp3) is 0.357. The number of nitrogens with zero attached hydrogens (tertiary/aromatic N) is 2. The van der Waals surface area contributed by atoms with Crippen molar-refractivity contribution < 1.29 is 0 Å². The molecule has 3 nitrogen and oxygen atoms in total. The van der Waals surface area contributed by atoms with Gasteiger partial charge in [-0.15, -0.1) is 0 Å². The molecule has 2 heterocycles. The van der Waals surface area contributed by atoms with Crippen LogP contribution < -0.4 is 0 Å². The highest BCUT2D eigenvalue weighted by Crippen LogP contribution is 2.13. The minimum Gasteiger partial charge on any atom is -0.348 e. The van der Waals surface area contributed by atoms with Gasteiger partial charge in [0.1, 0.15) is 0 Å². The highest BCUT2D eigenvalue weighted by atomic mass is 15.1. The molecular weight excluding hydrogens is 210 g/mol. The number of rotatable bonds is 2. The normalized spacial score (nSPS) is 16.5. The molecule has 88 valence electrons. The van der Waals surface area contributed by atoms with Crippen LogP contribution in [0.15, 0.2) is 36.7 Å². The van der Waals surface area contributed by atoms with Gasteiger partial charge < -0.3 is 4.98 Å². The number of benzene rings is 1. The summed E-state index contributed by atoms with van der Waals surface area (Å²) in [7, 11) is 0. The first-order chi connectivity index (χ1) is 8.42. The Morgan fingerprint density at radius 1 is 1.12 bits per heavy atom. The first-order valence-electron chi connectivity index (χ1n) is 6.19. The molecule has 3 rings (SSSR count). The second-order valence-corrected chi connectivity index (χ2v) is 4.59. The van der Waals surface area contributed by atoms with Crippen molar-refractivity contribution >= 4 is 0 Å². The van der Waals surface area contributed by atoms with Crippen molar-refractivity contribution in [1.29, 1.82) is 0 Å². The van der Waals surface area contributed by atoms with Gasteiger partial charge in [-0.05, 0) is 5.56 Å². The van der Waals surface area contributed by atoms with Gasteiger partial charge >= 0.3 is 0 Å². The van der Waals surface area contributed by atoms with Gasteiger partial charge in [0.25, 0.3) is 0 Å². The van der Waals surface area contributed by atoms with Gasteiger partial charge in [-0.1, -0.05) is 30.3 Å². The van der Waals surface area contributed by atoms with Crippen LogP contribution in [0, 0.1) is 0 Å². The molecule has 17 heavy (non-hydrogen) atoms. The minimum absolute atomic E-state index is 1.05. The zero-order chi connectivity index (χ0) is 11.5. The van der Waals surface area contributed by atoms with E-state index in [1.165, 1.54) is 17.0 Å². The topological polar surface area (TPSA) is 31.9 Å². The Kier molecular flexibility index (Phi) is 2.92. The van der Waals surface area contributed by atoms with E-state index in [0.29, 0.717) is 0 Å². The number of aromatic nitrogens is 2. The summed E-state index contributed by atoms with van der Waals surface area (Å²) in [5.41, 5.74) is 3.96.